The molecule has 1 aliphatic rings. The van der Waals surface area contributed by atoms with Crippen molar-refractivity contribution in [2.75, 3.05) is 7.11 Å². The molecule has 0 saturated carbocycles. The summed E-state index contributed by atoms with van der Waals surface area (Å²) in [6.07, 6.45) is 0. The topological polar surface area (TPSA) is 98.5 Å². The third-order valence-corrected chi connectivity index (χ3v) is 4.43. The lowest BCUT2D eigenvalue weighted by molar-refractivity contribution is 0.367. The van der Waals surface area contributed by atoms with Crippen LogP contribution in [0.1, 0.15) is 17.0 Å². The zero-order chi connectivity index (χ0) is 18.3. The van der Waals surface area contributed by atoms with Gasteiger partial charge in [-0.05, 0) is 23.8 Å². The van der Waals surface area contributed by atoms with Gasteiger partial charge in [0.05, 0.1) is 13.0 Å². The van der Waals surface area contributed by atoms with E-state index in [-0.39, 0.29) is 17.2 Å². The monoisotopic (exact) mass is 346 g/mol. The molecule has 1 aliphatic heterocycles. The van der Waals surface area contributed by atoms with Gasteiger partial charge in [-0.15, -0.1) is 0 Å². The number of hydrogen-bond donors (Lipinski definition) is 1. The van der Waals surface area contributed by atoms with E-state index in [1.807, 2.05) is 24.3 Å². The average Bonchev–Trinajstić information content (AvgIpc) is 2.67. The number of nitriles is 1. The van der Waals surface area contributed by atoms with E-state index < -0.39 is 11.5 Å². The second kappa shape index (κ2) is 5.97. The number of hydrogen-bond acceptors (Lipinski definition) is 6. The van der Waals surface area contributed by atoms with Crippen LogP contribution in [0, 0.1) is 11.3 Å². The summed E-state index contributed by atoms with van der Waals surface area (Å²) in [4.78, 5) is 12.4. The minimum absolute atomic E-state index is 0.0148. The van der Waals surface area contributed by atoms with Crippen molar-refractivity contribution in [3.8, 4) is 17.6 Å². The van der Waals surface area contributed by atoms with E-state index in [0.717, 1.165) is 5.56 Å². The molecule has 2 N–H and O–H groups in total. The summed E-state index contributed by atoms with van der Waals surface area (Å²) in [5, 5.41) is 10.4. The van der Waals surface area contributed by atoms with Crippen molar-refractivity contribution in [3.05, 3.63) is 81.5 Å². The van der Waals surface area contributed by atoms with Crippen LogP contribution in [-0.4, -0.2) is 7.11 Å². The number of nitrogens with zero attached hydrogens (tertiary/aromatic N) is 1. The zero-order valence-corrected chi connectivity index (χ0v) is 13.9. The molecule has 1 unspecified atom stereocenters. The molecule has 4 rings (SSSR count). The minimum atomic E-state index is -0.628. The van der Waals surface area contributed by atoms with Crippen molar-refractivity contribution in [1.29, 1.82) is 5.26 Å². The highest BCUT2D eigenvalue weighted by Crippen LogP contribution is 2.44. The van der Waals surface area contributed by atoms with Crippen LogP contribution in [0.25, 0.3) is 11.0 Å². The highest BCUT2D eigenvalue weighted by molar-refractivity contribution is 5.85. The van der Waals surface area contributed by atoms with E-state index in [1.54, 1.807) is 31.4 Å². The van der Waals surface area contributed by atoms with Crippen molar-refractivity contribution in [1.82, 2.24) is 0 Å². The normalized spacial score (nSPS) is 15.9. The molecule has 2 heterocycles. The van der Waals surface area contributed by atoms with E-state index in [4.69, 9.17) is 19.6 Å². The average molecular weight is 346 g/mol. The molecule has 0 fully saturated rings. The van der Waals surface area contributed by atoms with Gasteiger partial charge in [-0.2, -0.15) is 5.26 Å². The molecular formula is C20H14N2O4. The SMILES string of the molecule is COc1ccc(C2C(C#N)=C(N)Oc3c2c2ccccc2oc3=O)cc1. The van der Waals surface area contributed by atoms with Crippen LogP contribution in [0.3, 0.4) is 0 Å². The summed E-state index contributed by atoms with van der Waals surface area (Å²) in [7, 11) is 1.58. The van der Waals surface area contributed by atoms with E-state index in [2.05, 4.69) is 6.07 Å². The fourth-order valence-electron chi connectivity index (χ4n) is 3.24. The van der Waals surface area contributed by atoms with Crippen LogP contribution < -0.4 is 20.8 Å². The number of fused-ring (bicyclic) bond motifs is 3. The van der Waals surface area contributed by atoms with Crippen molar-refractivity contribution in [2.24, 2.45) is 5.73 Å². The van der Waals surface area contributed by atoms with Gasteiger partial charge in [0, 0.05) is 10.9 Å². The Morgan fingerprint density at radius 3 is 2.58 bits per heavy atom. The molecule has 128 valence electrons. The lowest BCUT2D eigenvalue weighted by atomic mass is 9.82. The first-order valence-electron chi connectivity index (χ1n) is 7.91. The molecule has 6 heteroatoms. The highest BCUT2D eigenvalue weighted by atomic mass is 16.5. The van der Waals surface area contributed by atoms with Crippen LogP contribution in [0.15, 0.2) is 69.2 Å². The highest BCUT2D eigenvalue weighted by Gasteiger charge is 2.34. The molecular weight excluding hydrogens is 332 g/mol. The van der Waals surface area contributed by atoms with Gasteiger partial charge < -0.3 is 19.6 Å². The summed E-state index contributed by atoms with van der Waals surface area (Å²) in [6.45, 7) is 0. The van der Waals surface area contributed by atoms with E-state index >= 15 is 0 Å². The summed E-state index contributed by atoms with van der Waals surface area (Å²) in [5.74, 6) is 0.0713. The molecule has 3 aromatic rings. The van der Waals surface area contributed by atoms with Gasteiger partial charge in [0.2, 0.25) is 11.6 Å². The van der Waals surface area contributed by atoms with E-state index in [0.29, 0.717) is 22.3 Å². The van der Waals surface area contributed by atoms with Gasteiger partial charge in [-0.1, -0.05) is 30.3 Å². The molecule has 1 aromatic heterocycles. The molecule has 6 nitrogen and oxygen atoms in total. The third-order valence-electron chi connectivity index (χ3n) is 4.43. The summed E-state index contributed by atoms with van der Waals surface area (Å²) in [6, 6.07) is 16.5. The van der Waals surface area contributed by atoms with E-state index in [1.165, 1.54) is 0 Å². The Labute approximate surface area is 148 Å². The van der Waals surface area contributed by atoms with E-state index in [9.17, 15) is 10.1 Å². The standard InChI is InChI=1S/C20H14N2O4/c1-24-12-8-6-11(7-9-12)16-14(10-21)19(22)26-18-17(16)13-4-2-3-5-15(13)25-20(18)23/h2-9,16H,22H2,1H3. The maximum atomic E-state index is 12.4. The Morgan fingerprint density at radius 1 is 1.15 bits per heavy atom. The van der Waals surface area contributed by atoms with Gasteiger partial charge in [0.1, 0.15) is 23.0 Å². The Kier molecular flexibility index (Phi) is 3.63. The number of para-hydroxylation sites is 1. The van der Waals surface area contributed by atoms with Crippen molar-refractivity contribution >= 4 is 11.0 Å². The van der Waals surface area contributed by atoms with Crippen LogP contribution in [0.5, 0.6) is 11.5 Å². The van der Waals surface area contributed by atoms with Crippen molar-refractivity contribution in [2.45, 2.75) is 5.92 Å². The van der Waals surface area contributed by atoms with Gasteiger partial charge >= 0.3 is 5.63 Å². The third kappa shape index (κ3) is 2.30. The molecule has 0 amide bonds. The van der Waals surface area contributed by atoms with Crippen LogP contribution in [-0.2, 0) is 0 Å². The Balaban J connectivity index is 2.06. The van der Waals surface area contributed by atoms with Gasteiger partial charge in [0.25, 0.3) is 0 Å². The number of nitrogens with two attached hydrogens (primary N) is 1. The second-order valence-corrected chi connectivity index (χ2v) is 5.83. The van der Waals surface area contributed by atoms with Crippen LogP contribution in [0.2, 0.25) is 0 Å². The Morgan fingerprint density at radius 2 is 1.88 bits per heavy atom. The first-order valence-corrected chi connectivity index (χ1v) is 7.91. The number of benzene rings is 2. The molecule has 0 radical (unpaired) electrons. The smallest absolute Gasteiger partial charge is 0.380 e. The molecule has 0 spiro atoms. The van der Waals surface area contributed by atoms with Crippen molar-refractivity contribution < 1.29 is 13.9 Å². The maximum absolute atomic E-state index is 12.4. The predicted molar refractivity (Wildman–Crippen MR) is 94.8 cm³/mol. The predicted octanol–water partition coefficient (Wildman–Crippen LogP) is 3.02. The minimum Gasteiger partial charge on any atom is -0.497 e. The lowest BCUT2D eigenvalue weighted by Gasteiger charge is -2.26. The molecule has 0 bridgehead atoms. The molecule has 2 aromatic carbocycles. The fourth-order valence-corrected chi connectivity index (χ4v) is 3.24. The van der Waals surface area contributed by atoms with Gasteiger partial charge in [0.15, 0.2) is 0 Å². The Bertz CT molecular complexity index is 1140. The Hall–Kier alpha value is -3.72. The summed E-state index contributed by atoms with van der Waals surface area (Å²) in [5.41, 5.74) is 7.35. The van der Waals surface area contributed by atoms with Crippen LogP contribution >= 0.6 is 0 Å². The molecule has 26 heavy (non-hydrogen) atoms. The van der Waals surface area contributed by atoms with Gasteiger partial charge in [-0.3, -0.25) is 0 Å². The maximum Gasteiger partial charge on any atom is 0.380 e. The van der Waals surface area contributed by atoms with Crippen LogP contribution in [0.4, 0.5) is 0 Å². The molecule has 1 atom stereocenters. The number of ether oxygens (including phenoxy) is 2. The quantitative estimate of drug-likeness (QED) is 0.716. The molecule has 0 saturated heterocycles. The summed E-state index contributed by atoms with van der Waals surface area (Å²) < 4.78 is 16.0. The van der Waals surface area contributed by atoms with Crippen molar-refractivity contribution in [3.63, 3.8) is 0 Å². The summed E-state index contributed by atoms with van der Waals surface area (Å²) >= 11 is 0. The first kappa shape index (κ1) is 15.8. The van der Waals surface area contributed by atoms with Gasteiger partial charge in [-0.25, -0.2) is 4.79 Å². The largest absolute Gasteiger partial charge is 0.497 e. The number of methoxy groups -OCH3 is 1. The molecule has 0 aliphatic carbocycles. The zero-order valence-electron chi connectivity index (χ0n) is 13.9. The number of allylic oxidation sites excluding steroid dienone is 1. The first-order chi connectivity index (χ1) is 12.6. The second-order valence-electron chi connectivity index (χ2n) is 5.83. The lowest BCUT2D eigenvalue weighted by Crippen LogP contribution is -2.25. The fraction of sp³-hybridized carbons (Fsp3) is 0.100. The number of rotatable bonds is 2.